The van der Waals surface area contributed by atoms with Crippen LogP contribution in [0.5, 0.6) is 0 Å². The molecule has 1 unspecified atom stereocenters. The molecular weight excluding hydrogens is 272 g/mol. The molecule has 0 saturated carbocycles. The summed E-state index contributed by atoms with van der Waals surface area (Å²) in [5.41, 5.74) is 12.0. The van der Waals surface area contributed by atoms with E-state index in [1.807, 2.05) is 25.1 Å². The Bertz CT molecular complexity index is 542. The number of nitrogens with one attached hydrogen (secondary N) is 2. The van der Waals surface area contributed by atoms with Gasteiger partial charge in [0.15, 0.2) is 0 Å². The van der Waals surface area contributed by atoms with Gasteiger partial charge in [0, 0.05) is 12.1 Å². The number of benzene rings is 1. The van der Waals surface area contributed by atoms with Gasteiger partial charge in [-0.15, -0.1) is 0 Å². The molecule has 0 radical (unpaired) electrons. The molecule has 0 saturated heterocycles. The molecule has 0 spiro atoms. The van der Waals surface area contributed by atoms with Crippen molar-refractivity contribution >= 4 is 34.1 Å². The monoisotopic (exact) mass is 292 g/mol. The van der Waals surface area contributed by atoms with Gasteiger partial charge in [0.05, 0.1) is 22.3 Å². The summed E-state index contributed by atoms with van der Waals surface area (Å²) in [7, 11) is 0. The molecule has 1 aliphatic rings. The SMILES string of the molecule is CC(C)CNc1ccc(C2=NNC(=O)SC2C)cc1N. The number of rotatable bonds is 4. The van der Waals surface area contributed by atoms with E-state index in [1.165, 1.54) is 11.8 Å². The van der Waals surface area contributed by atoms with Crippen LogP contribution in [0.2, 0.25) is 0 Å². The van der Waals surface area contributed by atoms with Crippen molar-refractivity contribution in [1.82, 2.24) is 5.43 Å². The van der Waals surface area contributed by atoms with Crippen molar-refractivity contribution in [3.8, 4) is 0 Å². The molecule has 0 aromatic heterocycles. The van der Waals surface area contributed by atoms with Gasteiger partial charge in [0.1, 0.15) is 0 Å². The van der Waals surface area contributed by atoms with Crippen molar-refractivity contribution in [2.24, 2.45) is 11.0 Å². The number of hydrazone groups is 1. The lowest BCUT2D eigenvalue weighted by Gasteiger charge is -2.19. The van der Waals surface area contributed by atoms with Crippen LogP contribution in [0.1, 0.15) is 26.3 Å². The molecule has 1 atom stereocenters. The highest BCUT2D eigenvalue weighted by molar-refractivity contribution is 8.14. The minimum atomic E-state index is -0.121. The molecule has 4 N–H and O–H groups in total. The van der Waals surface area contributed by atoms with E-state index in [9.17, 15) is 4.79 Å². The number of nitrogens with two attached hydrogens (primary N) is 1. The number of anilines is 2. The number of nitrogens with zero attached hydrogens (tertiary/aromatic N) is 1. The maximum Gasteiger partial charge on any atom is 0.299 e. The molecule has 0 fully saturated rings. The van der Waals surface area contributed by atoms with Crippen LogP contribution in [0, 0.1) is 5.92 Å². The topological polar surface area (TPSA) is 79.5 Å². The van der Waals surface area contributed by atoms with Crippen LogP contribution in [0.15, 0.2) is 23.3 Å². The van der Waals surface area contributed by atoms with Crippen molar-refractivity contribution in [2.45, 2.75) is 26.0 Å². The summed E-state index contributed by atoms with van der Waals surface area (Å²) >= 11 is 1.23. The predicted octanol–water partition coefficient (Wildman–Crippen LogP) is 2.89. The lowest BCUT2D eigenvalue weighted by Crippen LogP contribution is -2.29. The summed E-state index contributed by atoms with van der Waals surface area (Å²) in [6.07, 6.45) is 0. The van der Waals surface area contributed by atoms with Gasteiger partial charge < -0.3 is 11.1 Å². The van der Waals surface area contributed by atoms with Crippen LogP contribution >= 0.6 is 11.8 Å². The summed E-state index contributed by atoms with van der Waals surface area (Å²) in [6.45, 7) is 7.14. The van der Waals surface area contributed by atoms with Gasteiger partial charge in [0.25, 0.3) is 5.24 Å². The zero-order chi connectivity index (χ0) is 14.7. The van der Waals surface area contributed by atoms with Crippen molar-refractivity contribution in [3.05, 3.63) is 23.8 Å². The molecule has 20 heavy (non-hydrogen) atoms. The molecular formula is C14H20N4OS. The number of carbonyl (C=O) groups excluding carboxylic acids is 1. The molecule has 1 aromatic carbocycles. The minimum Gasteiger partial charge on any atom is -0.397 e. The summed E-state index contributed by atoms with van der Waals surface area (Å²) in [5, 5.41) is 7.35. The highest BCUT2D eigenvalue weighted by atomic mass is 32.2. The number of amides is 1. The van der Waals surface area contributed by atoms with Crippen molar-refractivity contribution in [2.75, 3.05) is 17.6 Å². The first kappa shape index (κ1) is 14.7. The van der Waals surface area contributed by atoms with E-state index in [0.717, 1.165) is 23.5 Å². The quantitative estimate of drug-likeness (QED) is 0.746. The van der Waals surface area contributed by atoms with Crippen molar-refractivity contribution < 1.29 is 4.79 Å². The molecule has 1 heterocycles. The fourth-order valence-corrected chi connectivity index (χ4v) is 2.66. The van der Waals surface area contributed by atoms with Gasteiger partial charge in [-0.25, -0.2) is 5.43 Å². The van der Waals surface area contributed by atoms with E-state index >= 15 is 0 Å². The lowest BCUT2D eigenvalue weighted by molar-refractivity contribution is 0.261. The molecule has 0 aliphatic carbocycles. The average molecular weight is 292 g/mol. The van der Waals surface area contributed by atoms with Crippen LogP contribution < -0.4 is 16.5 Å². The molecule has 1 aromatic rings. The fourth-order valence-electron chi connectivity index (χ4n) is 1.94. The highest BCUT2D eigenvalue weighted by Crippen LogP contribution is 2.25. The zero-order valence-electron chi connectivity index (χ0n) is 11.9. The van der Waals surface area contributed by atoms with E-state index in [1.54, 1.807) is 0 Å². The highest BCUT2D eigenvalue weighted by Gasteiger charge is 2.22. The molecule has 5 nitrogen and oxygen atoms in total. The minimum absolute atomic E-state index is 0.0256. The number of thioether (sulfide) groups is 1. The van der Waals surface area contributed by atoms with Crippen LogP contribution in [-0.2, 0) is 0 Å². The number of nitrogen functional groups attached to an aromatic ring is 1. The molecule has 6 heteroatoms. The second-order valence-corrected chi connectivity index (χ2v) is 6.55. The van der Waals surface area contributed by atoms with Crippen molar-refractivity contribution in [1.29, 1.82) is 0 Å². The van der Waals surface area contributed by atoms with Gasteiger partial charge in [-0.05, 0) is 25.0 Å². The molecule has 2 rings (SSSR count). The summed E-state index contributed by atoms with van der Waals surface area (Å²) in [5.74, 6) is 0.559. The maximum absolute atomic E-state index is 11.2. The Labute approximate surface area is 123 Å². The summed E-state index contributed by atoms with van der Waals surface area (Å²) in [4.78, 5) is 11.2. The third-order valence-corrected chi connectivity index (χ3v) is 3.87. The molecule has 1 aliphatic heterocycles. The second kappa shape index (κ2) is 6.17. The largest absolute Gasteiger partial charge is 0.397 e. The number of hydrogen-bond acceptors (Lipinski definition) is 5. The van der Waals surface area contributed by atoms with Crippen LogP contribution in [0.4, 0.5) is 16.2 Å². The molecule has 108 valence electrons. The molecule has 0 bridgehead atoms. The summed E-state index contributed by atoms with van der Waals surface area (Å²) in [6, 6.07) is 5.84. The van der Waals surface area contributed by atoms with Gasteiger partial charge in [-0.2, -0.15) is 5.10 Å². The number of hydrogen-bond donors (Lipinski definition) is 3. The van der Waals surface area contributed by atoms with Crippen molar-refractivity contribution in [3.63, 3.8) is 0 Å². The van der Waals surface area contributed by atoms with E-state index in [4.69, 9.17) is 5.73 Å². The lowest BCUT2D eigenvalue weighted by atomic mass is 10.1. The number of carbonyl (C=O) groups is 1. The Morgan fingerprint density at radius 2 is 2.25 bits per heavy atom. The van der Waals surface area contributed by atoms with E-state index in [0.29, 0.717) is 11.6 Å². The van der Waals surface area contributed by atoms with E-state index in [2.05, 4.69) is 29.7 Å². The first-order chi connectivity index (χ1) is 9.47. The predicted molar refractivity (Wildman–Crippen MR) is 86.3 cm³/mol. The fraction of sp³-hybridized carbons (Fsp3) is 0.429. The third-order valence-electron chi connectivity index (χ3n) is 2.98. The first-order valence-electron chi connectivity index (χ1n) is 6.65. The standard InChI is InChI=1S/C14H20N4OS/c1-8(2)7-16-12-5-4-10(6-11(12)15)13-9(3)20-14(19)18-17-13/h4-6,8-9,16H,7,15H2,1-3H3,(H,18,19). The Balaban J connectivity index is 2.18. The van der Waals surface area contributed by atoms with Gasteiger partial charge >= 0.3 is 0 Å². The first-order valence-corrected chi connectivity index (χ1v) is 7.53. The third kappa shape index (κ3) is 3.45. The Morgan fingerprint density at radius 1 is 1.50 bits per heavy atom. The Hall–Kier alpha value is -1.69. The van der Waals surface area contributed by atoms with Crippen LogP contribution in [0.25, 0.3) is 0 Å². The Morgan fingerprint density at radius 3 is 2.85 bits per heavy atom. The second-order valence-electron chi connectivity index (χ2n) is 5.23. The smallest absolute Gasteiger partial charge is 0.299 e. The van der Waals surface area contributed by atoms with Gasteiger partial charge in [0.2, 0.25) is 0 Å². The molecule has 1 amide bonds. The van der Waals surface area contributed by atoms with Gasteiger partial charge in [-0.3, -0.25) is 4.79 Å². The van der Waals surface area contributed by atoms with E-state index in [-0.39, 0.29) is 10.5 Å². The summed E-state index contributed by atoms with van der Waals surface area (Å²) < 4.78 is 0. The van der Waals surface area contributed by atoms with Crippen LogP contribution in [0.3, 0.4) is 0 Å². The van der Waals surface area contributed by atoms with Gasteiger partial charge in [-0.1, -0.05) is 31.7 Å². The average Bonchev–Trinajstić information content (AvgIpc) is 2.37. The zero-order valence-corrected chi connectivity index (χ0v) is 12.8. The van der Waals surface area contributed by atoms with Crippen LogP contribution in [-0.4, -0.2) is 22.7 Å². The maximum atomic E-state index is 11.2. The normalized spacial score (nSPS) is 18.7. The van der Waals surface area contributed by atoms with E-state index < -0.39 is 0 Å². The Kier molecular flexibility index (Phi) is 4.54.